The van der Waals surface area contributed by atoms with Gasteiger partial charge in [0.25, 0.3) is 0 Å². The molecule has 16 heavy (non-hydrogen) atoms. The lowest BCUT2D eigenvalue weighted by atomic mass is 10.1. The first-order valence-corrected chi connectivity index (χ1v) is 6.08. The summed E-state index contributed by atoms with van der Waals surface area (Å²) in [6, 6.07) is 0. The van der Waals surface area contributed by atoms with Crippen LogP contribution in [0.3, 0.4) is 0 Å². The molecule has 1 aliphatic heterocycles. The van der Waals surface area contributed by atoms with Gasteiger partial charge in [0.15, 0.2) is 0 Å². The Kier molecular flexibility index (Phi) is 5.22. The summed E-state index contributed by atoms with van der Waals surface area (Å²) in [7, 11) is 6.11. The third kappa shape index (κ3) is 4.49. The van der Waals surface area contributed by atoms with Gasteiger partial charge in [0.1, 0.15) is 0 Å². The first-order chi connectivity index (χ1) is 7.49. The maximum Gasteiger partial charge on any atom is 0.219 e. The van der Waals surface area contributed by atoms with Gasteiger partial charge >= 0.3 is 0 Å². The molecule has 1 aliphatic rings. The summed E-state index contributed by atoms with van der Waals surface area (Å²) in [6.45, 7) is 7.14. The van der Waals surface area contributed by atoms with Crippen LogP contribution in [0.5, 0.6) is 0 Å². The second kappa shape index (κ2) is 6.21. The normalized spacial score (nSPS) is 21.7. The van der Waals surface area contributed by atoms with Crippen molar-refractivity contribution in [3.05, 3.63) is 0 Å². The van der Waals surface area contributed by atoms with Gasteiger partial charge in [-0.25, -0.2) is 0 Å². The molecule has 0 spiro atoms. The van der Waals surface area contributed by atoms with Gasteiger partial charge in [0.05, 0.1) is 0 Å². The third-order valence-electron chi connectivity index (χ3n) is 3.30. The summed E-state index contributed by atoms with van der Waals surface area (Å²) in [5.41, 5.74) is 0. The number of amides is 1. The van der Waals surface area contributed by atoms with E-state index in [1.807, 2.05) is 11.9 Å². The minimum atomic E-state index is 0.173. The number of hydrogen-bond acceptors (Lipinski definition) is 3. The maximum absolute atomic E-state index is 11.1. The predicted octanol–water partition coefficient (Wildman–Crippen LogP) is 0.348. The van der Waals surface area contributed by atoms with Crippen LogP contribution >= 0.6 is 0 Å². The van der Waals surface area contributed by atoms with Gasteiger partial charge in [-0.05, 0) is 33.0 Å². The van der Waals surface area contributed by atoms with Crippen molar-refractivity contribution in [1.82, 2.24) is 14.7 Å². The Morgan fingerprint density at radius 3 is 2.62 bits per heavy atom. The molecule has 1 heterocycles. The summed E-state index contributed by atoms with van der Waals surface area (Å²) in [4.78, 5) is 17.7. The average Bonchev–Trinajstić information content (AvgIpc) is 2.62. The molecule has 1 unspecified atom stereocenters. The van der Waals surface area contributed by atoms with Crippen molar-refractivity contribution in [3.8, 4) is 0 Å². The van der Waals surface area contributed by atoms with Crippen LogP contribution in [0.2, 0.25) is 0 Å². The van der Waals surface area contributed by atoms with Gasteiger partial charge in [-0.2, -0.15) is 0 Å². The van der Waals surface area contributed by atoms with E-state index in [-0.39, 0.29) is 5.91 Å². The number of carbonyl (C=O) groups is 1. The van der Waals surface area contributed by atoms with E-state index in [0.717, 1.165) is 26.2 Å². The number of hydrogen-bond donors (Lipinski definition) is 0. The van der Waals surface area contributed by atoms with Crippen molar-refractivity contribution in [1.29, 1.82) is 0 Å². The molecule has 0 N–H and O–H groups in total. The minimum Gasteiger partial charge on any atom is -0.346 e. The SMILES string of the molecule is CC(=O)N(C)CC1CCN(CCN(C)C)C1. The van der Waals surface area contributed by atoms with Crippen molar-refractivity contribution in [2.45, 2.75) is 13.3 Å². The zero-order valence-electron chi connectivity index (χ0n) is 11.1. The van der Waals surface area contributed by atoms with E-state index in [4.69, 9.17) is 0 Å². The third-order valence-corrected chi connectivity index (χ3v) is 3.30. The van der Waals surface area contributed by atoms with Crippen LogP contribution in [0.1, 0.15) is 13.3 Å². The van der Waals surface area contributed by atoms with Gasteiger partial charge in [-0.3, -0.25) is 4.79 Å². The molecule has 4 heteroatoms. The highest BCUT2D eigenvalue weighted by atomic mass is 16.2. The van der Waals surface area contributed by atoms with Crippen molar-refractivity contribution < 1.29 is 4.79 Å². The van der Waals surface area contributed by atoms with Gasteiger partial charge < -0.3 is 14.7 Å². The van der Waals surface area contributed by atoms with E-state index >= 15 is 0 Å². The molecule has 1 atom stereocenters. The molecule has 1 saturated heterocycles. The molecule has 1 fully saturated rings. The summed E-state index contributed by atoms with van der Waals surface area (Å²) < 4.78 is 0. The number of carbonyl (C=O) groups excluding carboxylic acids is 1. The number of likely N-dealkylation sites (N-methyl/N-ethyl adjacent to an activating group) is 1. The largest absolute Gasteiger partial charge is 0.346 e. The highest BCUT2D eigenvalue weighted by Gasteiger charge is 2.23. The number of likely N-dealkylation sites (tertiary alicyclic amines) is 1. The van der Waals surface area contributed by atoms with Crippen molar-refractivity contribution in [2.75, 3.05) is 53.9 Å². The van der Waals surface area contributed by atoms with Crippen LogP contribution in [0.4, 0.5) is 0 Å². The molecule has 0 aromatic heterocycles. The Labute approximate surface area is 99.2 Å². The van der Waals surface area contributed by atoms with Crippen molar-refractivity contribution >= 4 is 5.91 Å². The predicted molar refractivity (Wildman–Crippen MR) is 66.4 cm³/mol. The van der Waals surface area contributed by atoms with E-state index in [0.29, 0.717) is 5.92 Å². The Hall–Kier alpha value is -0.610. The van der Waals surface area contributed by atoms with Crippen LogP contribution in [-0.4, -0.2) is 74.5 Å². The Morgan fingerprint density at radius 2 is 2.06 bits per heavy atom. The average molecular weight is 227 g/mol. The summed E-state index contributed by atoms with van der Waals surface area (Å²) in [5, 5.41) is 0. The molecule has 0 bridgehead atoms. The smallest absolute Gasteiger partial charge is 0.219 e. The monoisotopic (exact) mass is 227 g/mol. The second-order valence-corrected chi connectivity index (χ2v) is 5.16. The van der Waals surface area contributed by atoms with E-state index in [1.54, 1.807) is 6.92 Å². The van der Waals surface area contributed by atoms with Crippen LogP contribution < -0.4 is 0 Å². The zero-order valence-corrected chi connectivity index (χ0v) is 11.1. The first kappa shape index (κ1) is 13.5. The van der Waals surface area contributed by atoms with Gasteiger partial charge in [0, 0.05) is 40.2 Å². The van der Waals surface area contributed by atoms with Crippen molar-refractivity contribution in [2.24, 2.45) is 5.92 Å². The minimum absolute atomic E-state index is 0.173. The van der Waals surface area contributed by atoms with Gasteiger partial charge in [0.2, 0.25) is 5.91 Å². The lowest BCUT2D eigenvalue weighted by Crippen LogP contribution is -2.33. The molecule has 1 rings (SSSR count). The Balaban J connectivity index is 2.22. The van der Waals surface area contributed by atoms with E-state index in [9.17, 15) is 4.79 Å². The van der Waals surface area contributed by atoms with Gasteiger partial charge in [-0.1, -0.05) is 0 Å². The fraction of sp³-hybridized carbons (Fsp3) is 0.917. The Morgan fingerprint density at radius 1 is 1.38 bits per heavy atom. The molecule has 0 aromatic rings. The lowest BCUT2D eigenvalue weighted by molar-refractivity contribution is -0.128. The lowest BCUT2D eigenvalue weighted by Gasteiger charge is -2.21. The van der Waals surface area contributed by atoms with E-state index in [1.165, 1.54) is 13.0 Å². The van der Waals surface area contributed by atoms with Crippen LogP contribution in [0.15, 0.2) is 0 Å². The Bertz CT molecular complexity index is 230. The number of nitrogens with zero attached hydrogens (tertiary/aromatic N) is 3. The summed E-state index contributed by atoms with van der Waals surface area (Å²) >= 11 is 0. The fourth-order valence-corrected chi connectivity index (χ4v) is 2.12. The van der Waals surface area contributed by atoms with Crippen LogP contribution in [0, 0.1) is 5.92 Å². The molecule has 94 valence electrons. The second-order valence-electron chi connectivity index (χ2n) is 5.16. The first-order valence-electron chi connectivity index (χ1n) is 6.08. The highest BCUT2D eigenvalue weighted by Crippen LogP contribution is 2.16. The quantitative estimate of drug-likeness (QED) is 0.678. The molecule has 0 radical (unpaired) electrons. The van der Waals surface area contributed by atoms with Gasteiger partial charge in [-0.15, -0.1) is 0 Å². The maximum atomic E-state index is 11.1. The van der Waals surface area contributed by atoms with Crippen LogP contribution in [0.25, 0.3) is 0 Å². The summed E-state index contributed by atoms with van der Waals surface area (Å²) in [5.74, 6) is 0.836. The molecule has 4 nitrogen and oxygen atoms in total. The molecule has 0 saturated carbocycles. The molecular formula is C12H25N3O. The van der Waals surface area contributed by atoms with Crippen molar-refractivity contribution in [3.63, 3.8) is 0 Å². The topological polar surface area (TPSA) is 26.8 Å². The molecule has 0 aliphatic carbocycles. The molecule has 1 amide bonds. The highest BCUT2D eigenvalue weighted by molar-refractivity contribution is 5.72. The number of rotatable bonds is 5. The van der Waals surface area contributed by atoms with E-state index < -0.39 is 0 Å². The zero-order chi connectivity index (χ0) is 12.1. The molecular weight excluding hydrogens is 202 g/mol. The summed E-state index contributed by atoms with van der Waals surface area (Å²) in [6.07, 6.45) is 1.23. The van der Waals surface area contributed by atoms with E-state index in [2.05, 4.69) is 23.9 Å². The fourth-order valence-electron chi connectivity index (χ4n) is 2.12. The van der Waals surface area contributed by atoms with Crippen LogP contribution in [-0.2, 0) is 4.79 Å². The standard InChI is InChI=1S/C12H25N3O/c1-11(16)14(4)9-12-5-6-15(10-12)8-7-13(2)3/h12H,5-10H2,1-4H3. The molecule has 0 aromatic carbocycles.